The van der Waals surface area contributed by atoms with Gasteiger partial charge in [0.2, 0.25) is 0 Å². The van der Waals surface area contributed by atoms with Gasteiger partial charge in [0, 0.05) is 7.05 Å². The van der Waals surface area contributed by atoms with Crippen molar-refractivity contribution in [3.63, 3.8) is 0 Å². The van der Waals surface area contributed by atoms with Crippen LogP contribution in [0.1, 0.15) is 60.3 Å². The Morgan fingerprint density at radius 2 is 1.62 bits per heavy atom. The second-order valence-corrected chi connectivity index (χ2v) is 7.64. The predicted octanol–water partition coefficient (Wildman–Crippen LogP) is 3.88. The number of nitrogens with zero attached hydrogens (tertiary/aromatic N) is 1. The fourth-order valence-electron chi connectivity index (χ4n) is 3.13. The van der Waals surface area contributed by atoms with Gasteiger partial charge in [0.05, 0.1) is 6.04 Å². The molecule has 0 aromatic rings. The lowest BCUT2D eigenvalue weighted by Crippen LogP contribution is -2.46. The molecule has 1 saturated carbocycles. The van der Waals surface area contributed by atoms with Crippen LogP contribution in [0.2, 0.25) is 0 Å². The van der Waals surface area contributed by atoms with E-state index in [0.717, 1.165) is 37.9 Å². The molecule has 0 radical (unpaired) electrons. The summed E-state index contributed by atoms with van der Waals surface area (Å²) < 4.78 is 5.36. The van der Waals surface area contributed by atoms with Gasteiger partial charge in [-0.1, -0.05) is 13.8 Å². The summed E-state index contributed by atoms with van der Waals surface area (Å²) in [6, 6.07) is -0.368. The van der Waals surface area contributed by atoms with Crippen LogP contribution in [-0.4, -0.2) is 36.0 Å². The number of hydrogen-bond donors (Lipinski definition) is 0. The van der Waals surface area contributed by atoms with Gasteiger partial charge in [-0.15, -0.1) is 0 Å². The smallest absolute Gasteiger partial charge is 0.410 e. The Bertz CT molecular complexity index is 352. The molecule has 0 heterocycles. The van der Waals surface area contributed by atoms with Crippen molar-refractivity contribution in [3.8, 4) is 0 Å². The van der Waals surface area contributed by atoms with E-state index in [0.29, 0.717) is 5.92 Å². The lowest BCUT2D eigenvalue weighted by atomic mass is 9.74. The van der Waals surface area contributed by atoms with Crippen molar-refractivity contribution in [2.75, 3.05) is 7.05 Å². The second kappa shape index (κ2) is 7.28. The molecule has 0 aromatic heterocycles. The topological polar surface area (TPSA) is 46.6 Å². The zero-order valence-corrected chi connectivity index (χ0v) is 14.4. The largest absolute Gasteiger partial charge is 0.444 e. The molecule has 0 aliphatic heterocycles. The number of aldehydes is 1. The Morgan fingerprint density at radius 3 is 2.00 bits per heavy atom. The van der Waals surface area contributed by atoms with E-state index in [1.807, 2.05) is 20.8 Å². The van der Waals surface area contributed by atoms with Crippen molar-refractivity contribution >= 4 is 12.4 Å². The van der Waals surface area contributed by atoms with E-state index >= 15 is 0 Å². The molecule has 1 aliphatic rings. The van der Waals surface area contributed by atoms with Crippen LogP contribution in [0.3, 0.4) is 0 Å². The predicted molar refractivity (Wildman–Crippen MR) is 84.1 cm³/mol. The van der Waals surface area contributed by atoms with E-state index in [9.17, 15) is 9.59 Å². The molecule has 1 unspecified atom stereocenters. The average Bonchev–Trinajstić information content (AvgIpc) is 2.38. The van der Waals surface area contributed by atoms with Crippen LogP contribution >= 0.6 is 0 Å². The van der Waals surface area contributed by atoms with E-state index in [-0.39, 0.29) is 12.0 Å². The van der Waals surface area contributed by atoms with Gasteiger partial charge in [-0.2, -0.15) is 0 Å². The van der Waals surface area contributed by atoms with Gasteiger partial charge in [0.25, 0.3) is 0 Å². The van der Waals surface area contributed by atoms with Crippen molar-refractivity contribution in [1.29, 1.82) is 0 Å². The fourth-order valence-corrected chi connectivity index (χ4v) is 3.13. The molecule has 0 aromatic carbocycles. The molecular formula is C17H31NO3. The Balaban J connectivity index is 2.62. The van der Waals surface area contributed by atoms with Gasteiger partial charge in [-0.05, 0) is 64.2 Å². The third kappa shape index (κ3) is 5.33. The maximum Gasteiger partial charge on any atom is 0.410 e. The molecule has 1 amide bonds. The van der Waals surface area contributed by atoms with Crippen molar-refractivity contribution in [2.45, 2.75) is 71.9 Å². The lowest BCUT2D eigenvalue weighted by molar-refractivity contribution is -0.114. The van der Waals surface area contributed by atoms with E-state index in [4.69, 9.17) is 4.74 Å². The van der Waals surface area contributed by atoms with Gasteiger partial charge >= 0.3 is 6.09 Å². The highest BCUT2D eigenvalue weighted by atomic mass is 16.6. The zero-order chi connectivity index (χ0) is 16.2. The first-order valence-corrected chi connectivity index (χ1v) is 8.06. The third-order valence-electron chi connectivity index (χ3n) is 4.51. The van der Waals surface area contributed by atoms with Crippen molar-refractivity contribution in [1.82, 2.24) is 4.90 Å². The monoisotopic (exact) mass is 297 g/mol. The van der Waals surface area contributed by atoms with Crippen LogP contribution in [0.15, 0.2) is 0 Å². The minimum absolute atomic E-state index is 0.259. The quantitative estimate of drug-likeness (QED) is 0.740. The highest BCUT2D eigenvalue weighted by Crippen LogP contribution is 2.35. The molecule has 4 heteroatoms. The molecule has 1 fully saturated rings. The number of ether oxygens (including phenoxy) is 1. The highest BCUT2D eigenvalue weighted by Gasteiger charge is 2.34. The summed E-state index contributed by atoms with van der Waals surface area (Å²) in [6.45, 7) is 10.0. The van der Waals surface area contributed by atoms with Crippen molar-refractivity contribution in [2.24, 2.45) is 17.8 Å². The summed E-state index contributed by atoms with van der Waals surface area (Å²) in [5.74, 6) is 1.71. The first-order valence-electron chi connectivity index (χ1n) is 8.06. The summed E-state index contributed by atoms with van der Waals surface area (Å²) in [5.41, 5.74) is -0.534. The molecule has 21 heavy (non-hydrogen) atoms. The Kier molecular flexibility index (Phi) is 6.24. The first kappa shape index (κ1) is 18.0. The molecule has 0 saturated heterocycles. The van der Waals surface area contributed by atoms with Crippen LogP contribution < -0.4 is 0 Å². The maximum absolute atomic E-state index is 12.1. The fraction of sp³-hybridized carbons (Fsp3) is 0.882. The summed E-state index contributed by atoms with van der Waals surface area (Å²) in [5, 5.41) is 0. The Hall–Kier alpha value is -1.06. The van der Waals surface area contributed by atoms with Crippen molar-refractivity contribution < 1.29 is 14.3 Å². The van der Waals surface area contributed by atoms with Crippen LogP contribution in [0, 0.1) is 17.8 Å². The van der Waals surface area contributed by atoms with E-state index in [1.54, 1.807) is 7.05 Å². The number of amides is 1. The van der Waals surface area contributed by atoms with E-state index < -0.39 is 11.7 Å². The van der Waals surface area contributed by atoms with Crippen LogP contribution in [-0.2, 0) is 9.53 Å². The number of likely N-dealkylation sites (N-methyl/N-ethyl adjacent to an activating group) is 1. The molecule has 1 aliphatic carbocycles. The molecule has 4 nitrogen and oxygen atoms in total. The number of carbonyl (C=O) groups excluding carboxylic acids is 2. The van der Waals surface area contributed by atoms with Gasteiger partial charge in [0.15, 0.2) is 0 Å². The highest BCUT2D eigenvalue weighted by molar-refractivity contribution is 5.73. The SMILES string of the molecule is CC(C)C1CCC(C(C=O)N(C)C(=O)OC(C)(C)C)CC1. The summed E-state index contributed by atoms with van der Waals surface area (Å²) >= 11 is 0. The molecule has 1 rings (SSSR count). The minimum atomic E-state index is -0.534. The number of hydrogen-bond acceptors (Lipinski definition) is 3. The Labute approximate surface area is 129 Å². The van der Waals surface area contributed by atoms with Crippen LogP contribution in [0.5, 0.6) is 0 Å². The van der Waals surface area contributed by atoms with Crippen molar-refractivity contribution in [3.05, 3.63) is 0 Å². The standard InChI is InChI=1S/C17H31NO3/c1-12(2)13-7-9-14(10-8-13)15(11-19)18(6)16(20)21-17(3,4)5/h11-15H,7-10H2,1-6H3. The van der Waals surface area contributed by atoms with Gasteiger partial charge < -0.3 is 14.4 Å². The van der Waals surface area contributed by atoms with E-state index in [1.165, 1.54) is 4.90 Å². The Morgan fingerprint density at radius 1 is 1.14 bits per heavy atom. The molecule has 0 bridgehead atoms. The van der Waals surface area contributed by atoms with Crippen LogP contribution in [0.4, 0.5) is 4.79 Å². The molecule has 1 atom stereocenters. The normalized spacial score (nSPS) is 24.5. The average molecular weight is 297 g/mol. The summed E-state index contributed by atoms with van der Waals surface area (Å²) in [6.07, 6.45) is 4.82. The first-order chi connectivity index (χ1) is 9.65. The number of rotatable bonds is 4. The molecule has 0 spiro atoms. The molecule has 0 N–H and O–H groups in total. The molecular weight excluding hydrogens is 266 g/mol. The van der Waals surface area contributed by atoms with Gasteiger partial charge in [0.1, 0.15) is 11.9 Å². The third-order valence-corrected chi connectivity index (χ3v) is 4.51. The number of carbonyl (C=O) groups is 2. The minimum Gasteiger partial charge on any atom is -0.444 e. The zero-order valence-electron chi connectivity index (χ0n) is 14.4. The van der Waals surface area contributed by atoms with E-state index in [2.05, 4.69) is 13.8 Å². The lowest BCUT2D eigenvalue weighted by Gasteiger charge is -2.37. The molecule has 122 valence electrons. The van der Waals surface area contributed by atoms with Gasteiger partial charge in [-0.25, -0.2) is 4.79 Å². The summed E-state index contributed by atoms with van der Waals surface area (Å²) in [7, 11) is 1.67. The second-order valence-electron chi connectivity index (χ2n) is 7.64. The van der Waals surface area contributed by atoms with Gasteiger partial charge in [-0.3, -0.25) is 0 Å². The maximum atomic E-state index is 12.1. The summed E-state index contributed by atoms with van der Waals surface area (Å²) in [4.78, 5) is 25.1. The van der Waals surface area contributed by atoms with Crippen LogP contribution in [0.25, 0.3) is 0 Å².